The molecule has 0 bridgehead atoms. The summed E-state index contributed by atoms with van der Waals surface area (Å²) >= 11 is 0. The van der Waals surface area contributed by atoms with Gasteiger partial charge < -0.3 is 26.4 Å². The maximum atomic E-state index is 12.2. The summed E-state index contributed by atoms with van der Waals surface area (Å²) in [7, 11) is 1.49. The molecule has 0 saturated carbocycles. The number of nitrogens with zero attached hydrogens (tertiary/aromatic N) is 1. The van der Waals surface area contributed by atoms with Crippen LogP contribution in [0.1, 0.15) is 29.6 Å². The Morgan fingerprint density at radius 2 is 2.00 bits per heavy atom. The predicted octanol–water partition coefficient (Wildman–Crippen LogP) is 0.688. The molecular weight excluding hydrogens is 296 g/mol. The number of carbonyl (C=O) groups is 2. The van der Waals surface area contributed by atoms with Crippen molar-refractivity contribution in [1.82, 2.24) is 0 Å². The minimum absolute atomic E-state index is 0.125. The van der Waals surface area contributed by atoms with Gasteiger partial charge in [0.05, 0.1) is 18.0 Å². The molecule has 7 nitrogen and oxygen atoms in total. The van der Waals surface area contributed by atoms with Gasteiger partial charge in [-0.3, -0.25) is 9.59 Å². The van der Waals surface area contributed by atoms with E-state index in [0.29, 0.717) is 11.3 Å². The van der Waals surface area contributed by atoms with Crippen LogP contribution in [0.2, 0.25) is 0 Å². The molecule has 1 aliphatic rings. The van der Waals surface area contributed by atoms with Crippen LogP contribution in [-0.4, -0.2) is 44.7 Å². The fourth-order valence-corrected chi connectivity index (χ4v) is 2.68. The van der Waals surface area contributed by atoms with Gasteiger partial charge in [0.15, 0.2) is 0 Å². The third-order valence-corrected chi connectivity index (χ3v) is 3.92. The van der Waals surface area contributed by atoms with E-state index in [4.69, 9.17) is 16.2 Å². The number of amides is 2. The first-order valence-corrected chi connectivity index (χ1v) is 7.77. The van der Waals surface area contributed by atoms with Crippen LogP contribution in [0.4, 0.5) is 11.4 Å². The first-order valence-electron chi connectivity index (χ1n) is 7.77. The van der Waals surface area contributed by atoms with Crippen molar-refractivity contribution in [2.45, 2.75) is 25.3 Å². The minimum Gasteiger partial charge on any atom is -0.383 e. The van der Waals surface area contributed by atoms with Crippen molar-refractivity contribution in [1.29, 1.82) is 0 Å². The maximum absolute atomic E-state index is 12.2. The van der Waals surface area contributed by atoms with E-state index >= 15 is 0 Å². The van der Waals surface area contributed by atoms with E-state index in [1.807, 2.05) is 6.07 Å². The monoisotopic (exact) mass is 320 g/mol. The Hall–Kier alpha value is -2.12. The van der Waals surface area contributed by atoms with Crippen LogP contribution in [-0.2, 0) is 9.53 Å². The van der Waals surface area contributed by atoms with Gasteiger partial charge in [0, 0.05) is 25.8 Å². The maximum Gasteiger partial charge on any atom is 0.248 e. The lowest BCUT2D eigenvalue weighted by Gasteiger charge is -2.31. The number of rotatable bonds is 6. The second-order valence-electron chi connectivity index (χ2n) is 5.69. The fraction of sp³-hybridized carbons (Fsp3) is 0.500. The van der Waals surface area contributed by atoms with Gasteiger partial charge in [-0.1, -0.05) is 0 Å². The number of hydrogen-bond acceptors (Lipinski definition) is 5. The molecule has 23 heavy (non-hydrogen) atoms. The van der Waals surface area contributed by atoms with E-state index in [9.17, 15) is 9.59 Å². The number of anilines is 2. The summed E-state index contributed by atoms with van der Waals surface area (Å²) in [5, 5.41) is 2.79. The molecule has 5 N–H and O–H groups in total. The van der Waals surface area contributed by atoms with E-state index in [1.165, 1.54) is 13.5 Å². The quantitative estimate of drug-likeness (QED) is 0.714. The topological polar surface area (TPSA) is 111 Å². The van der Waals surface area contributed by atoms with Crippen molar-refractivity contribution in [3.63, 3.8) is 0 Å². The number of methoxy groups -OCH3 is 1. The number of primary amides is 1. The van der Waals surface area contributed by atoms with Crippen molar-refractivity contribution in [3.8, 4) is 0 Å². The molecule has 0 radical (unpaired) electrons. The predicted molar refractivity (Wildman–Crippen MR) is 89.5 cm³/mol. The lowest BCUT2D eigenvalue weighted by molar-refractivity contribution is -0.118. The van der Waals surface area contributed by atoms with Gasteiger partial charge in [-0.05, 0) is 37.5 Å². The van der Waals surface area contributed by atoms with E-state index in [-0.39, 0.29) is 12.5 Å². The largest absolute Gasteiger partial charge is 0.383 e. The van der Waals surface area contributed by atoms with Gasteiger partial charge in [-0.2, -0.15) is 0 Å². The highest BCUT2D eigenvalue weighted by Gasteiger charge is 2.20. The second kappa shape index (κ2) is 7.94. The number of benzene rings is 1. The minimum atomic E-state index is -0.772. The molecule has 2 rings (SSSR count). The summed E-state index contributed by atoms with van der Waals surface area (Å²) in [4.78, 5) is 25.8. The molecule has 126 valence electrons. The molecular formula is C16H24N4O3. The Kier molecular flexibility index (Phi) is 5.95. The highest BCUT2D eigenvalue weighted by Crippen LogP contribution is 2.29. The molecule has 1 fully saturated rings. The van der Waals surface area contributed by atoms with Gasteiger partial charge in [0.1, 0.15) is 6.04 Å². The van der Waals surface area contributed by atoms with Crippen LogP contribution in [0, 0.1) is 0 Å². The molecule has 0 aromatic heterocycles. The van der Waals surface area contributed by atoms with E-state index in [2.05, 4.69) is 10.2 Å². The zero-order valence-corrected chi connectivity index (χ0v) is 13.4. The van der Waals surface area contributed by atoms with Crippen molar-refractivity contribution >= 4 is 23.2 Å². The van der Waals surface area contributed by atoms with E-state index in [1.54, 1.807) is 12.1 Å². The number of hydrogen-bond donors (Lipinski definition) is 3. The molecule has 0 aliphatic carbocycles. The van der Waals surface area contributed by atoms with Gasteiger partial charge in [-0.25, -0.2) is 0 Å². The number of carbonyl (C=O) groups excluding carboxylic acids is 2. The van der Waals surface area contributed by atoms with E-state index in [0.717, 1.165) is 31.6 Å². The zero-order valence-electron chi connectivity index (χ0n) is 13.4. The van der Waals surface area contributed by atoms with Crippen LogP contribution >= 0.6 is 0 Å². The number of nitrogens with two attached hydrogens (primary N) is 2. The molecule has 1 unspecified atom stereocenters. The van der Waals surface area contributed by atoms with Gasteiger partial charge in [0.25, 0.3) is 0 Å². The fourth-order valence-electron chi connectivity index (χ4n) is 2.68. The summed E-state index contributed by atoms with van der Waals surface area (Å²) < 4.78 is 4.90. The molecule has 1 saturated heterocycles. The SMILES string of the molecule is COCC(N)C(=O)Nc1cc(C(N)=O)ccc1N1CCCCC1. The van der Waals surface area contributed by atoms with Crippen molar-refractivity contribution in [2.24, 2.45) is 11.5 Å². The van der Waals surface area contributed by atoms with Crippen molar-refractivity contribution in [3.05, 3.63) is 23.8 Å². The first kappa shape index (κ1) is 17.2. The standard InChI is InChI=1S/C16H24N4O3/c1-23-10-12(17)16(22)19-13-9-11(15(18)21)5-6-14(13)20-7-3-2-4-8-20/h5-6,9,12H,2-4,7-8,10,17H2,1H3,(H2,18,21)(H,19,22). The lowest BCUT2D eigenvalue weighted by Crippen LogP contribution is -2.40. The first-order chi connectivity index (χ1) is 11.0. The second-order valence-corrected chi connectivity index (χ2v) is 5.69. The summed E-state index contributed by atoms with van der Waals surface area (Å²) in [6.45, 7) is 1.96. The van der Waals surface area contributed by atoms with Crippen molar-refractivity contribution < 1.29 is 14.3 Å². The zero-order chi connectivity index (χ0) is 16.8. The highest BCUT2D eigenvalue weighted by molar-refractivity contribution is 6.01. The summed E-state index contributed by atoms with van der Waals surface area (Å²) in [5.74, 6) is -0.890. The van der Waals surface area contributed by atoms with Gasteiger partial charge in [0.2, 0.25) is 11.8 Å². The van der Waals surface area contributed by atoms with Crippen LogP contribution in [0.15, 0.2) is 18.2 Å². The molecule has 1 heterocycles. The Bertz CT molecular complexity index is 570. The summed E-state index contributed by atoms with van der Waals surface area (Å²) in [6.07, 6.45) is 3.42. The third kappa shape index (κ3) is 4.43. The van der Waals surface area contributed by atoms with Gasteiger partial charge >= 0.3 is 0 Å². The summed E-state index contributed by atoms with van der Waals surface area (Å²) in [5.41, 5.74) is 12.9. The van der Waals surface area contributed by atoms with Crippen LogP contribution in [0.5, 0.6) is 0 Å². The average Bonchev–Trinajstić information content (AvgIpc) is 2.55. The smallest absolute Gasteiger partial charge is 0.248 e. The number of nitrogens with one attached hydrogen (secondary N) is 1. The lowest BCUT2D eigenvalue weighted by atomic mass is 10.1. The Morgan fingerprint density at radius 3 is 2.61 bits per heavy atom. The molecule has 1 atom stereocenters. The number of piperidine rings is 1. The number of ether oxygens (including phenoxy) is 1. The molecule has 7 heteroatoms. The molecule has 1 aromatic rings. The van der Waals surface area contributed by atoms with Crippen molar-refractivity contribution in [2.75, 3.05) is 37.0 Å². The summed E-state index contributed by atoms with van der Waals surface area (Å²) in [6, 6.07) is 4.33. The molecule has 0 spiro atoms. The average molecular weight is 320 g/mol. The van der Waals surface area contributed by atoms with Crippen LogP contribution in [0.25, 0.3) is 0 Å². The highest BCUT2D eigenvalue weighted by atomic mass is 16.5. The molecule has 2 amide bonds. The Balaban J connectivity index is 2.27. The molecule has 1 aromatic carbocycles. The Labute approximate surface area is 136 Å². The van der Waals surface area contributed by atoms with Gasteiger partial charge in [-0.15, -0.1) is 0 Å². The van der Waals surface area contributed by atoms with Crippen LogP contribution in [0.3, 0.4) is 0 Å². The third-order valence-electron chi connectivity index (χ3n) is 3.92. The Morgan fingerprint density at radius 1 is 1.30 bits per heavy atom. The van der Waals surface area contributed by atoms with E-state index < -0.39 is 11.9 Å². The normalized spacial score (nSPS) is 16.0. The van der Waals surface area contributed by atoms with Crippen LogP contribution < -0.4 is 21.7 Å². The molecule has 1 aliphatic heterocycles.